The highest BCUT2D eigenvalue weighted by molar-refractivity contribution is 5.86. The first-order chi connectivity index (χ1) is 13.0. The summed E-state index contributed by atoms with van der Waals surface area (Å²) < 4.78 is 0. The van der Waals surface area contributed by atoms with Crippen LogP contribution < -0.4 is 5.32 Å². The average molecular weight is 388 g/mol. The lowest BCUT2D eigenvalue weighted by molar-refractivity contribution is -0.156. The first kappa shape index (κ1) is 19.5. The van der Waals surface area contributed by atoms with Crippen molar-refractivity contribution < 1.29 is 9.90 Å². The molecule has 5 saturated carbocycles. The summed E-state index contributed by atoms with van der Waals surface area (Å²) in [7, 11) is 2.04. The van der Waals surface area contributed by atoms with Gasteiger partial charge in [0.05, 0.1) is 6.10 Å². The van der Waals surface area contributed by atoms with Gasteiger partial charge in [0, 0.05) is 23.8 Å². The Kier molecular flexibility index (Phi) is 3.80. The molecule has 5 aliphatic carbocycles. The van der Waals surface area contributed by atoms with Gasteiger partial charge in [-0.25, -0.2) is 0 Å². The Morgan fingerprint density at radius 1 is 1.00 bits per heavy atom. The van der Waals surface area contributed by atoms with E-state index in [0.29, 0.717) is 34.5 Å². The average Bonchev–Trinajstić information content (AvgIpc) is 3.24. The fraction of sp³-hybridized carbons (Fsp3) is 0.960. The SMILES string of the molecule is CNC(C)C1C(O)CC2(C)C3CCC4C(C)(C)C(=O)CCC45CC35CCC12C. The first-order valence-corrected chi connectivity index (χ1v) is 11.9. The van der Waals surface area contributed by atoms with Gasteiger partial charge in [-0.15, -0.1) is 0 Å². The summed E-state index contributed by atoms with van der Waals surface area (Å²) in [5, 5.41) is 14.7. The summed E-state index contributed by atoms with van der Waals surface area (Å²) in [6, 6.07) is 0.353. The van der Waals surface area contributed by atoms with E-state index < -0.39 is 0 Å². The van der Waals surface area contributed by atoms with Gasteiger partial charge < -0.3 is 10.4 Å². The van der Waals surface area contributed by atoms with Crippen LogP contribution in [0.15, 0.2) is 0 Å². The van der Waals surface area contributed by atoms with Crippen LogP contribution in [0.25, 0.3) is 0 Å². The first-order valence-electron chi connectivity index (χ1n) is 11.9. The zero-order chi connectivity index (χ0) is 20.3. The quantitative estimate of drug-likeness (QED) is 0.729. The topological polar surface area (TPSA) is 49.3 Å². The van der Waals surface area contributed by atoms with Gasteiger partial charge in [0.2, 0.25) is 0 Å². The van der Waals surface area contributed by atoms with Crippen molar-refractivity contribution in [3.05, 3.63) is 0 Å². The van der Waals surface area contributed by atoms with Gasteiger partial charge in [-0.1, -0.05) is 27.7 Å². The van der Waals surface area contributed by atoms with E-state index in [1.54, 1.807) is 0 Å². The Hall–Kier alpha value is -0.410. The summed E-state index contributed by atoms with van der Waals surface area (Å²) in [4.78, 5) is 12.7. The molecule has 0 aromatic rings. The molecule has 3 nitrogen and oxygen atoms in total. The molecule has 158 valence electrons. The van der Waals surface area contributed by atoms with Crippen LogP contribution >= 0.6 is 0 Å². The van der Waals surface area contributed by atoms with E-state index >= 15 is 0 Å². The van der Waals surface area contributed by atoms with Crippen molar-refractivity contribution in [1.82, 2.24) is 5.32 Å². The summed E-state index contributed by atoms with van der Waals surface area (Å²) >= 11 is 0. The van der Waals surface area contributed by atoms with Crippen LogP contribution in [-0.4, -0.2) is 30.1 Å². The fourth-order valence-corrected chi connectivity index (χ4v) is 10.3. The highest BCUT2D eigenvalue weighted by Crippen LogP contribution is 2.88. The maximum absolute atomic E-state index is 12.7. The molecule has 9 unspecified atom stereocenters. The number of hydrogen-bond acceptors (Lipinski definition) is 3. The van der Waals surface area contributed by atoms with Crippen molar-refractivity contribution in [2.75, 3.05) is 7.05 Å². The number of rotatable bonds is 2. The number of fused-ring (bicyclic) bond motifs is 2. The second kappa shape index (κ2) is 5.44. The predicted octanol–water partition coefficient (Wildman–Crippen LogP) is 4.57. The lowest BCUT2D eigenvalue weighted by Gasteiger charge is -2.62. The van der Waals surface area contributed by atoms with Gasteiger partial charge in [0.25, 0.3) is 0 Å². The number of Topliss-reactive ketones (excluding diaryl/α,β-unsaturated/α-hetero) is 1. The summed E-state index contributed by atoms with van der Waals surface area (Å²) in [5.74, 6) is 2.16. The molecule has 5 rings (SSSR count). The minimum absolute atomic E-state index is 0.132. The van der Waals surface area contributed by atoms with Crippen LogP contribution in [0.1, 0.15) is 86.0 Å². The number of hydrogen-bond donors (Lipinski definition) is 2. The van der Waals surface area contributed by atoms with E-state index in [1.165, 1.54) is 32.1 Å². The van der Waals surface area contributed by atoms with Gasteiger partial charge in [0.1, 0.15) is 5.78 Å². The van der Waals surface area contributed by atoms with Crippen LogP contribution in [0.3, 0.4) is 0 Å². The molecule has 0 aromatic carbocycles. The fourth-order valence-electron chi connectivity index (χ4n) is 10.3. The molecular formula is C25H41NO2. The molecule has 0 radical (unpaired) electrons. The molecule has 0 bridgehead atoms. The van der Waals surface area contributed by atoms with E-state index in [9.17, 15) is 9.90 Å². The monoisotopic (exact) mass is 387 g/mol. The third-order valence-corrected chi connectivity index (χ3v) is 11.9. The molecule has 28 heavy (non-hydrogen) atoms. The second-order valence-corrected chi connectivity index (χ2v) is 12.5. The minimum Gasteiger partial charge on any atom is -0.393 e. The van der Waals surface area contributed by atoms with Crippen molar-refractivity contribution in [2.45, 2.75) is 98.1 Å². The number of carbonyl (C=O) groups is 1. The Labute approximate surface area is 171 Å². The minimum atomic E-state index is -0.190. The lowest BCUT2D eigenvalue weighted by atomic mass is 9.42. The van der Waals surface area contributed by atoms with Crippen LogP contribution in [-0.2, 0) is 4.79 Å². The van der Waals surface area contributed by atoms with Gasteiger partial charge in [-0.05, 0) is 92.4 Å². The van der Waals surface area contributed by atoms with Gasteiger partial charge >= 0.3 is 0 Å². The third-order valence-electron chi connectivity index (χ3n) is 11.9. The Morgan fingerprint density at radius 2 is 1.64 bits per heavy atom. The normalized spacial score (nSPS) is 57.6. The second-order valence-electron chi connectivity index (χ2n) is 12.5. The molecule has 9 atom stereocenters. The molecule has 5 aliphatic rings. The molecule has 0 heterocycles. The molecule has 0 amide bonds. The van der Waals surface area contributed by atoms with Gasteiger partial charge in [0.15, 0.2) is 0 Å². The number of carbonyl (C=O) groups excluding carboxylic acids is 1. The number of aliphatic hydroxyl groups excluding tert-OH is 1. The molecule has 5 fully saturated rings. The Balaban J connectivity index is 1.54. The van der Waals surface area contributed by atoms with Crippen molar-refractivity contribution >= 4 is 5.78 Å². The molecular weight excluding hydrogens is 346 g/mol. The van der Waals surface area contributed by atoms with Crippen LogP contribution in [0.2, 0.25) is 0 Å². The number of aliphatic hydroxyl groups is 1. The number of ketones is 1. The van der Waals surface area contributed by atoms with E-state index in [-0.39, 0.29) is 22.3 Å². The third kappa shape index (κ3) is 1.89. The molecule has 0 saturated heterocycles. The molecule has 0 aliphatic heterocycles. The standard InChI is InChI=1S/C25H41NO2/c1-15(26-6)20-16(27)13-23(5)18-8-7-17-21(2,3)19(28)9-10-24(17)14-25(18,24)12-11-22(20,23)4/h15-18,20,26-27H,7-14H2,1-6H3. The summed E-state index contributed by atoms with van der Waals surface area (Å²) in [5.41, 5.74) is 1.18. The van der Waals surface area contributed by atoms with Crippen molar-refractivity contribution in [3.8, 4) is 0 Å². The summed E-state index contributed by atoms with van der Waals surface area (Å²) in [6.45, 7) is 11.8. The van der Waals surface area contributed by atoms with Crippen LogP contribution in [0, 0.1) is 44.8 Å². The van der Waals surface area contributed by atoms with Gasteiger partial charge in [-0.3, -0.25) is 4.79 Å². The summed E-state index contributed by atoms with van der Waals surface area (Å²) in [6.07, 6.45) is 9.14. The van der Waals surface area contributed by atoms with Crippen LogP contribution in [0.4, 0.5) is 0 Å². The molecule has 2 spiro atoms. The maximum atomic E-state index is 12.7. The van der Waals surface area contributed by atoms with Crippen molar-refractivity contribution in [2.24, 2.45) is 44.8 Å². The van der Waals surface area contributed by atoms with E-state index in [0.717, 1.165) is 25.2 Å². The maximum Gasteiger partial charge on any atom is 0.138 e. The van der Waals surface area contributed by atoms with Crippen molar-refractivity contribution in [3.63, 3.8) is 0 Å². The smallest absolute Gasteiger partial charge is 0.138 e. The Bertz CT molecular complexity index is 717. The Morgan fingerprint density at radius 3 is 2.32 bits per heavy atom. The lowest BCUT2D eigenvalue weighted by Crippen LogP contribution is -2.58. The van der Waals surface area contributed by atoms with E-state index in [4.69, 9.17) is 0 Å². The number of nitrogens with one attached hydrogen (secondary N) is 1. The molecule has 3 heteroatoms. The van der Waals surface area contributed by atoms with Gasteiger partial charge in [-0.2, -0.15) is 0 Å². The zero-order valence-corrected chi connectivity index (χ0v) is 18.9. The van der Waals surface area contributed by atoms with Crippen molar-refractivity contribution in [1.29, 1.82) is 0 Å². The highest BCUT2D eigenvalue weighted by atomic mass is 16.3. The highest BCUT2D eigenvalue weighted by Gasteiger charge is 2.82. The largest absolute Gasteiger partial charge is 0.393 e. The predicted molar refractivity (Wildman–Crippen MR) is 112 cm³/mol. The molecule has 0 aromatic heterocycles. The molecule has 2 N–H and O–H groups in total. The van der Waals surface area contributed by atoms with Crippen LogP contribution in [0.5, 0.6) is 0 Å². The zero-order valence-electron chi connectivity index (χ0n) is 18.9. The van der Waals surface area contributed by atoms with E-state index in [1.807, 2.05) is 7.05 Å². The van der Waals surface area contributed by atoms with E-state index in [2.05, 4.69) is 39.9 Å².